The predicted molar refractivity (Wildman–Crippen MR) is 115 cm³/mol. The molecule has 3 rings (SSSR count). The Balaban J connectivity index is 1.51. The van der Waals surface area contributed by atoms with E-state index in [-0.39, 0.29) is 18.8 Å². The van der Waals surface area contributed by atoms with Gasteiger partial charge in [-0.2, -0.15) is 0 Å². The fraction of sp³-hybridized carbons (Fsp3) is 0.364. The summed E-state index contributed by atoms with van der Waals surface area (Å²) in [5.41, 5.74) is 2.46. The van der Waals surface area contributed by atoms with Gasteiger partial charge in [0.15, 0.2) is 0 Å². The highest BCUT2D eigenvalue weighted by atomic mass is 19.1. The van der Waals surface area contributed by atoms with Crippen molar-refractivity contribution in [2.45, 2.75) is 33.0 Å². The molecule has 2 aromatic carbocycles. The van der Waals surface area contributed by atoms with E-state index in [4.69, 9.17) is 4.74 Å². The van der Waals surface area contributed by atoms with E-state index in [1.54, 1.807) is 18.2 Å². The fourth-order valence-electron chi connectivity index (χ4n) is 3.48. The van der Waals surface area contributed by atoms with E-state index in [0.717, 1.165) is 5.56 Å². The Morgan fingerprint density at radius 2 is 1.77 bits per heavy atom. The molecule has 2 unspecified atom stereocenters. The van der Waals surface area contributed by atoms with E-state index in [1.807, 2.05) is 43.9 Å². The van der Waals surface area contributed by atoms with Gasteiger partial charge < -0.3 is 25.6 Å². The topological polar surface area (TPSA) is 82.7 Å². The third-order valence-electron chi connectivity index (χ3n) is 4.68. The van der Waals surface area contributed by atoms with Crippen LogP contribution in [0.5, 0.6) is 0 Å². The zero-order valence-corrected chi connectivity index (χ0v) is 17.4. The summed E-state index contributed by atoms with van der Waals surface area (Å²) >= 11 is 0. The van der Waals surface area contributed by atoms with Crippen molar-refractivity contribution in [2.75, 3.05) is 35.2 Å². The van der Waals surface area contributed by atoms with Crippen molar-refractivity contribution in [1.82, 2.24) is 5.32 Å². The lowest BCUT2D eigenvalue weighted by atomic mass is 10.2. The van der Waals surface area contributed by atoms with Gasteiger partial charge in [-0.1, -0.05) is 12.1 Å². The standard InChI is InChI=1S/C22H27FN4O3/c1-14-5-4-6-17(9-14)26-22(29)24-11-21(28)25-18-7-8-20(19(23)10-18)27-12-15(2)30-16(3)13-27/h4-10,15-16H,11-13H2,1-3H3,(H,25,28)(H2,24,26,29). The van der Waals surface area contributed by atoms with Gasteiger partial charge in [0.1, 0.15) is 5.82 Å². The van der Waals surface area contributed by atoms with E-state index in [0.29, 0.717) is 30.2 Å². The maximum Gasteiger partial charge on any atom is 0.319 e. The molecule has 160 valence electrons. The zero-order chi connectivity index (χ0) is 21.7. The molecule has 1 fully saturated rings. The number of amides is 3. The molecule has 30 heavy (non-hydrogen) atoms. The molecule has 3 amide bonds. The average molecular weight is 414 g/mol. The first-order chi connectivity index (χ1) is 14.3. The lowest BCUT2D eigenvalue weighted by Crippen LogP contribution is -2.45. The van der Waals surface area contributed by atoms with Crippen LogP contribution in [0.25, 0.3) is 0 Å². The van der Waals surface area contributed by atoms with Crippen LogP contribution in [0.15, 0.2) is 42.5 Å². The molecular formula is C22H27FN4O3. The summed E-state index contributed by atoms with van der Waals surface area (Å²) in [6.45, 7) is 6.80. The number of nitrogens with one attached hydrogen (secondary N) is 3. The molecule has 1 heterocycles. The second-order valence-corrected chi connectivity index (χ2v) is 7.55. The third kappa shape index (κ3) is 5.93. The molecule has 0 bridgehead atoms. The normalized spacial score (nSPS) is 18.6. The number of morpholine rings is 1. The SMILES string of the molecule is Cc1cccc(NC(=O)NCC(=O)Nc2ccc(N3CC(C)OC(C)C3)c(F)c2)c1. The molecular weight excluding hydrogens is 387 g/mol. The maximum absolute atomic E-state index is 14.6. The minimum absolute atomic E-state index is 0.0181. The van der Waals surface area contributed by atoms with E-state index in [2.05, 4.69) is 16.0 Å². The Hall–Kier alpha value is -3.13. The van der Waals surface area contributed by atoms with Crippen molar-refractivity contribution in [2.24, 2.45) is 0 Å². The van der Waals surface area contributed by atoms with Gasteiger partial charge in [-0.05, 0) is 56.7 Å². The van der Waals surface area contributed by atoms with E-state index in [9.17, 15) is 14.0 Å². The Morgan fingerprint density at radius 1 is 1.07 bits per heavy atom. The maximum atomic E-state index is 14.6. The summed E-state index contributed by atoms with van der Waals surface area (Å²) in [7, 11) is 0. The molecule has 1 aliphatic heterocycles. The van der Waals surface area contributed by atoms with E-state index in [1.165, 1.54) is 6.07 Å². The summed E-state index contributed by atoms with van der Waals surface area (Å²) in [4.78, 5) is 26.0. The van der Waals surface area contributed by atoms with Crippen molar-refractivity contribution in [1.29, 1.82) is 0 Å². The molecule has 2 atom stereocenters. The van der Waals surface area contributed by atoms with Crippen LogP contribution < -0.4 is 20.9 Å². The van der Waals surface area contributed by atoms with E-state index < -0.39 is 17.8 Å². The summed E-state index contributed by atoms with van der Waals surface area (Å²) in [6.07, 6.45) is 0.0362. The van der Waals surface area contributed by atoms with Gasteiger partial charge in [0.05, 0.1) is 24.4 Å². The number of ether oxygens (including phenoxy) is 1. The van der Waals surface area contributed by atoms with Crippen LogP contribution in [0.2, 0.25) is 0 Å². The predicted octanol–water partition coefficient (Wildman–Crippen LogP) is 3.51. The molecule has 0 saturated carbocycles. The summed E-state index contributed by atoms with van der Waals surface area (Å²) in [5.74, 6) is -0.866. The van der Waals surface area contributed by atoms with Crippen molar-refractivity contribution in [3.8, 4) is 0 Å². The molecule has 0 spiro atoms. The number of nitrogens with zero attached hydrogens (tertiary/aromatic N) is 1. The largest absolute Gasteiger partial charge is 0.372 e. The lowest BCUT2D eigenvalue weighted by molar-refractivity contribution is -0.115. The van der Waals surface area contributed by atoms with Gasteiger partial charge in [0, 0.05) is 24.5 Å². The molecule has 0 aromatic heterocycles. The van der Waals surface area contributed by atoms with Crippen LogP contribution in [0.3, 0.4) is 0 Å². The number of hydrogen-bond donors (Lipinski definition) is 3. The van der Waals surface area contributed by atoms with Gasteiger partial charge in [0.2, 0.25) is 5.91 Å². The van der Waals surface area contributed by atoms with Gasteiger partial charge in [-0.15, -0.1) is 0 Å². The number of carbonyl (C=O) groups excluding carboxylic acids is 2. The van der Waals surface area contributed by atoms with E-state index >= 15 is 0 Å². The molecule has 0 radical (unpaired) electrons. The van der Waals surface area contributed by atoms with Crippen molar-refractivity contribution >= 4 is 29.0 Å². The summed E-state index contributed by atoms with van der Waals surface area (Å²) in [6, 6.07) is 11.4. The number of carbonyl (C=O) groups is 2. The first kappa shape index (κ1) is 21.6. The van der Waals surface area contributed by atoms with Crippen LogP contribution in [0, 0.1) is 12.7 Å². The molecule has 7 nitrogen and oxygen atoms in total. The number of rotatable bonds is 5. The molecule has 0 aliphatic carbocycles. The van der Waals surface area contributed by atoms with Gasteiger partial charge >= 0.3 is 6.03 Å². The molecule has 2 aromatic rings. The van der Waals surface area contributed by atoms with Crippen molar-refractivity contribution in [3.05, 3.63) is 53.8 Å². The number of halogens is 1. The Morgan fingerprint density at radius 3 is 2.43 bits per heavy atom. The van der Waals surface area contributed by atoms with Crippen LogP contribution in [0.1, 0.15) is 19.4 Å². The lowest BCUT2D eigenvalue weighted by Gasteiger charge is -2.37. The number of anilines is 3. The number of hydrogen-bond acceptors (Lipinski definition) is 4. The van der Waals surface area contributed by atoms with Crippen LogP contribution >= 0.6 is 0 Å². The minimum atomic E-state index is -0.493. The molecule has 1 saturated heterocycles. The van der Waals surface area contributed by atoms with Crippen LogP contribution in [-0.4, -0.2) is 43.8 Å². The van der Waals surface area contributed by atoms with Crippen LogP contribution in [-0.2, 0) is 9.53 Å². The highest BCUT2D eigenvalue weighted by molar-refractivity contribution is 5.97. The first-order valence-electron chi connectivity index (χ1n) is 9.91. The van der Waals surface area contributed by atoms with Gasteiger partial charge in [-0.25, -0.2) is 9.18 Å². The smallest absolute Gasteiger partial charge is 0.319 e. The highest BCUT2D eigenvalue weighted by Crippen LogP contribution is 2.26. The monoisotopic (exact) mass is 414 g/mol. The second-order valence-electron chi connectivity index (χ2n) is 7.55. The quantitative estimate of drug-likeness (QED) is 0.699. The fourth-order valence-corrected chi connectivity index (χ4v) is 3.48. The first-order valence-corrected chi connectivity index (χ1v) is 9.91. The molecule has 1 aliphatic rings. The van der Waals surface area contributed by atoms with Crippen LogP contribution in [0.4, 0.5) is 26.2 Å². The van der Waals surface area contributed by atoms with Gasteiger partial charge in [-0.3, -0.25) is 4.79 Å². The summed E-state index contributed by atoms with van der Waals surface area (Å²) < 4.78 is 20.3. The van der Waals surface area contributed by atoms with Crippen molar-refractivity contribution in [3.63, 3.8) is 0 Å². The number of urea groups is 1. The summed E-state index contributed by atoms with van der Waals surface area (Å²) in [5, 5.41) is 7.73. The highest BCUT2D eigenvalue weighted by Gasteiger charge is 2.24. The second kappa shape index (κ2) is 9.58. The Kier molecular flexibility index (Phi) is 6.89. The molecule has 8 heteroatoms. The Labute approximate surface area is 175 Å². The average Bonchev–Trinajstić information content (AvgIpc) is 2.66. The Bertz CT molecular complexity index is 911. The van der Waals surface area contributed by atoms with Crippen molar-refractivity contribution < 1.29 is 18.7 Å². The number of aryl methyl sites for hydroxylation is 1. The minimum Gasteiger partial charge on any atom is -0.372 e. The third-order valence-corrected chi connectivity index (χ3v) is 4.68. The molecule has 3 N–H and O–H groups in total. The number of benzene rings is 2. The van der Waals surface area contributed by atoms with Gasteiger partial charge in [0.25, 0.3) is 0 Å². The zero-order valence-electron chi connectivity index (χ0n) is 17.4.